The number of nitrogens with zero attached hydrogens (tertiary/aromatic N) is 3. The third kappa shape index (κ3) is 3.87. The number of carbonyl (C=O) groups excluding carboxylic acids is 1. The van der Waals surface area contributed by atoms with Gasteiger partial charge in [0.05, 0.1) is 26.6 Å². The molecule has 2 aromatic rings. The van der Waals surface area contributed by atoms with Crippen molar-refractivity contribution in [3.63, 3.8) is 0 Å². The minimum Gasteiger partial charge on any atom is -0.497 e. The molecule has 0 unspecified atom stereocenters. The van der Waals surface area contributed by atoms with Crippen LogP contribution in [0, 0.1) is 0 Å². The molecular weight excluding hydrogens is 320 g/mol. The Morgan fingerprint density at radius 3 is 2.96 bits per heavy atom. The number of hydrogen-bond donors (Lipinski definition) is 1. The Balaban J connectivity index is 1.68. The number of urea groups is 1. The summed E-state index contributed by atoms with van der Waals surface area (Å²) in [6.45, 7) is 2.00. The molecule has 1 fully saturated rings. The van der Waals surface area contributed by atoms with Gasteiger partial charge < -0.3 is 24.3 Å². The highest BCUT2D eigenvalue weighted by molar-refractivity contribution is 5.75. The van der Waals surface area contributed by atoms with Crippen molar-refractivity contribution in [2.24, 2.45) is 0 Å². The Morgan fingerprint density at radius 2 is 2.24 bits per heavy atom. The summed E-state index contributed by atoms with van der Waals surface area (Å²) in [6, 6.07) is 5.67. The number of hydrogen-bond acceptors (Lipinski definition) is 4. The highest BCUT2D eigenvalue weighted by Gasteiger charge is 2.32. The zero-order chi connectivity index (χ0) is 17.6. The maximum atomic E-state index is 12.6. The van der Waals surface area contributed by atoms with Gasteiger partial charge in [0, 0.05) is 37.6 Å². The maximum Gasteiger partial charge on any atom is 0.317 e. The lowest BCUT2D eigenvalue weighted by Crippen LogP contribution is -2.40. The van der Waals surface area contributed by atoms with Gasteiger partial charge in [-0.3, -0.25) is 0 Å². The summed E-state index contributed by atoms with van der Waals surface area (Å²) >= 11 is 0. The summed E-state index contributed by atoms with van der Waals surface area (Å²) in [5.41, 5.74) is 0.990. The summed E-state index contributed by atoms with van der Waals surface area (Å²) in [5.74, 6) is 1.55. The van der Waals surface area contributed by atoms with Crippen molar-refractivity contribution in [2.45, 2.75) is 25.4 Å². The van der Waals surface area contributed by atoms with E-state index in [1.165, 1.54) is 0 Å². The van der Waals surface area contributed by atoms with Gasteiger partial charge in [0.2, 0.25) is 0 Å². The van der Waals surface area contributed by atoms with Gasteiger partial charge in [-0.15, -0.1) is 0 Å². The van der Waals surface area contributed by atoms with E-state index in [1.807, 2.05) is 33.9 Å². The minimum atomic E-state index is -0.0486. The van der Waals surface area contributed by atoms with Crippen molar-refractivity contribution in [3.8, 4) is 11.5 Å². The smallest absolute Gasteiger partial charge is 0.317 e. The van der Waals surface area contributed by atoms with E-state index >= 15 is 0 Å². The molecule has 1 atom stereocenters. The molecule has 25 heavy (non-hydrogen) atoms. The summed E-state index contributed by atoms with van der Waals surface area (Å²) in [5, 5.41) is 3.00. The molecule has 0 radical (unpaired) electrons. The van der Waals surface area contributed by atoms with E-state index in [9.17, 15) is 4.79 Å². The first-order valence-corrected chi connectivity index (χ1v) is 8.45. The van der Waals surface area contributed by atoms with Crippen LogP contribution in [-0.4, -0.2) is 47.8 Å². The normalized spacial score (nSPS) is 16.7. The Labute approximate surface area is 147 Å². The molecule has 2 heterocycles. The molecule has 1 saturated heterocycles. The van der Waals surface area contributed by atoms with E-state index in [0.29, 0.717) is 13.1 Å². The topological polar surface area (TPSA) is 68.6 Å². The summed E-state index contributed by atoms with van der Waals surface area (Å²) in [4.78, 5) is 18.5. The number of likely N-dealkylation sites (tertiary alicyclic amines) is 1. The molecule has 0 saturated carbocycles. The summed E-state index contributed by atoms with van der Waals surface area (Å²) in [6.07, 6.45) is 7.24. The predicted molar refractivity (Wildman–Crippen MR) is 93.9 cm³/mol. The van der Waals surface area contributed by atoms with Crippen molar-refractivity contribution in [2.75, 3.05) is 27.3 Å². The van der Waals surface area contributed by atoms with Crippen LogP contribution < -0.4 is 14.8 Å². The summed E-state index contributed by atoms with van der Waals surface area (Å²) < 4.78 is 12.8. The molecule has 1 aromatic carbocycles. The van der Waals surface area contributed by atoms with Gasteiger partial charge in [0.15, 0.2) is 0 Å². The number of nitrogens with one attached hydrogen (secondary N) is 1. The molecule has 3 rings (SSSR count). The van der Waals surface area contributed by atoms with Crippen LogP contribution in [0.3, 0.4) is 0 Å². The molecule has 7 heteroatoms. The molecule has 2 amide bonds. The number of aromatic nitrogens is 2. The van der Waals surface area contributed by atoms with Gasteiger partial charge in [0.25, 0.3) is 0 Å². The Kier molecular flexibility index (Phi) is 5.42. The maximum absolute atomic E-state index is 12.6. The third-order valence-electron chi connectivity index (χ3n) is 4.51. The zero-order valence-corrected chi connectivity index (χ0v) is 14.6. The largest absolute Gasteiger partial charge is 0.497 e. The molecule has 1 aromatic heterocycles. The highest BCUT2D eigenvalue weighted by Crippen LogP contribution is 2.38. The fourth-order valence-corrected chi connectivity index (χ4v) is 3.25. The van der Waals surface area contributed by atoms with E-state index in [0.717, 1.165) is 36.4 Å². The van der Waals surface area contributed by atoms with Crippen molar-refractivity contribution in [1.82, 2.24) is 19.8 Å². The van der Waals surface area contributed by atoms with E-state index in [2.05, 4.69) is 10.3 Å². The standard InChI is InChI=1S/C18H24N4O3/c1-24-14-5-6-17(25-2)15(12-14)16-4-3-9-22(16)18(23)20-8-11-21-10-7-19-13-21/h5-7,10,12-13,16H,3-4,8-9,11H2,1-2H3,(H,20,23)/t16-/m1/s1. The molecule has 0 aliphatic carbocycles. The zero-order valence-electron chi connectivity index (χ0n) is 14.6. The fraction of sp³-hybridized carbons (Fsp3) is 0.444. The lowest BCUT2D eigenvalue weighted by molar-refractivity contribution is 0.191. The fourth-order valence-electron chi connectivity index (χ4n) is 3.25. The van der Waals surface area contributed by atoms with Crippen molar-refractivity contribution < 1.29 is 14.3 Å². The average molecular weight is 344 g/mol. The van der Waals surface area contributed by atoms with Gasteiger partial charge in [0.1, 0.15) is 11.5 Å². The highest BCUT2D eigenvalue weighted by atomic mass is 16.5. The molecule has 0 spiro atoms. The van der Waals surface area contributed by atoms with E-state index < -0.39 is 0 Å². The number of benzene rings is 1. The SMILES string of the molecule is COc1ccc(OC)c([C@H]2CCCN2C(=O)NCCn2ccnc2)c1. The second kappa shape index (κ2) is 7.92. The number of carbonyl (C=O) groups is 1. The molecule has 1 aliphatic heterocycles. The lowest BCUT2D eigenvalue weighted by atomic mass is 10.0. The van der Waals surface area contributed by atoms with Crippen LogP contribution in [0.2, 0.25) is 0 Å². The van der Waals surface area contributed by atoms with Crippen LogP contribution in [0.1, 0.15) is 24.4 Å². The molecule has 0 bridgehead atoms. The van der Waals surface area contributed by atoms with Crippen molar-refractivity contribution >= 4 is 6.03 Å². The van der Waals surface area contributed by atoms with Gasteiger partial charge in [-0.25, -0.2) is 9.78 Å². The van der Waals surface area contributed by atoms with Crippen molar-refractivity contribution in [3.05, 3.63) is 42.5 Å². The van der Waals surface area contributed by atoms with Crippen molar-refractivity contribution in [1.29, 1.82) is 0 Å². The Morgan fingerprint density at radius 1 is 1.36 bits per heavy atom. The molecule has 134 valence electrons. The quantitative estimate of drug-likeness (QED) is 0.874. The number of methoxy groups -OCH3 is 2. The second-order valence-corrected chi connectivity index (χ2v) is 5.99. The van der Waals surface area contributed by atoms with E-state index in [4.69, 9.17) is 9.47 Å². The van der Waals surface area contributed by atoms with Gasteiger partial charge in [-0.05, 0) is 31.0 Å². The number of amides is 2. The first-order valence-electron chi connectivity index (χ1n) is 8.45. The average Bonchev–Trinajstić information content (AvgIpc) is 3.32. The predicted octanol–water partition coefficient (Wildman–Crippen LogP) is 2.45. The molecule has 1 N–H and O–H groups in total. The van der Waals surface area contributed by atoms with Crippen LogP contribution in [0.15, 0.2) is 36.9 Å². The third-order valence-corrected chi connectivity index (χ3v) is 4.51. The lowest BCUT2D eigenvalue weighted by Gasteiger charge is -2.27. The van der Waals surface area contributed by atoms with Crippen LogP contribution in [0.25, 0.3) is 0 Å². The number of rotatable bonds is 6. The van der Waals surface area contributed by atoms with Gasteiger partial charge >= 0.3 is 6.03 Å². The number of ether oxygens (including phenoxy) is 2. The molecule has 1 aliphatic rings. The Bertz CT molecular complexity index is 702. The van der Waals surface area contributed by atoms with Crippen LogP contribution >= 0.6 is 0 Å². The first kappa shape index (κ1) is 17.1. The molecular formula is C18H24N4O3. The molecule has 7 nitrogen and oxygen atoms in total. The van der Waals surface area contributed by atoms with E-state index in [1.54, 1.807) is 26.7 Å². The number of imidazole rings is 1. The second-order valence-electron chi connectivity index (χ2n) is 5.99. The van der Waals surface area contributed by atoms with Gasteiger partial charge in [-0.2, -0.15) is 0 Å². The monoisotopic (exact) mass is 344 g/mol. The minimum absolute atomic E-state index is 0.00158. The van der Waals surface area contributed by atoms with Crippen LogP contribution in [-0.2, 0) is 6.54 Å². The van der Waals surface area contributed by atoms with E-state index in [-0.39, 0.29) is 12.1 Å². The first-order chi connectivity index (χ1) is 12.2. The Hall–Kier alpha value is -2.70. The van der Waals surface area contributed by atoms with Gasteiger partial charge in [-0.1, -0.05) is 0 Å². The van der Waals surface area contributed by atoms with Crippen LogP contribution in [0.5, 0.6) is 11.5 Å². The van der Waals surface area contributed by atoms with Crippen LogP contribution in [0.4, 0.5) is 4.79 Å². The summed E-state index contributed by atoms with van der Waals surface area (Å²) in [7, 11) is 3.29.